The molecule has 0 aromatic rings. The Labute approximate surface area is 66.0 Å². The van der Waals surface area contributed by atoms with E-state index >= 15 is 0 Å². The Balaban J connectivity index is 4.13. The molecule has 0 fully saturated rings. The van der Waals surface area contributed by atoms with Gasteiger partial charge >= 0.3 is 16.1 Å². The molecular formula is C6H10O4S. The zero-order chi connectivity index (χ0) is 8.91. The first-order valence-electron chi connectivity index (χ1n) is 3.10. The smallest absolute Gasteiger partial charge is 0.342 e. The van der Waals surface area contributed by atoms with Crippen LogP contribution in [0.3, 0.4) is 0 Å². The molecule has 0 rings (SSSR count). The molecule has 0 bridgehead atoms. The van der Waals surface area contributed by atoms with Crippen LogP contribution < -0.4 is 0 Å². The van der Waals surface area contributed by atoms with Crippen molar-refractivity contribution in [2.24, 2.45) is 0 Å². The summed E-state index contributed by atoms with van der Waals surface area (Å²) in [6.07, 6.45) is 1.24. The van der Waals surface area contributed by atoms with Crippen LogP contribution in [0.15, 0.2) is 12.7 Å². The minimum atomic E-state index is -3.66. The minimum absolute atomic E-state index is 0.146. The molecule has 0 amide bonds. The van der Waals surface area contributed by atoms with Gasteiger partial charge in [0.1, 0.15) is 0 Å². The summed E-state index contributed by atoms with van der Waals surface area (Å²) in [5.41, 5.74) is 0. The van der Waals surface area contributed by atoms with Crippen LogP contribution in [0.2, 0.25) is 0 Å². The molecule has 0 N–H and O–H groups in total. The number of carbonyl (C=O) groups excluding carboxylic acids is 1. The molecule has 64 valence electrons. The van der Waals surface area contributed by atoms with E-state index in [4.69, 9.17) is 0 Å². The second-order valence-electron chi connectivity index (χ2n) is 1.87. The van der Waals surface area contributed by atoms with E-state index in [0.717, 1.165) is 6.08 Å². The molecule has 0 aliphatic rings. The topological polar surface area (TPSA) is 60.4 Å². The summed E-state index contributed by atoms with van der Waals surface area (Å²) in [5, 5.41) is 0. The number of carbonyl (C=O) groups is 1. The normalized spacial score (nSPS) is 10.6. The summed E-state index contributed by atoms with van der Waals surface area (Å²) in [6, 6.07) is 0. The lowest BCUT2D eigenvalue weighted by atomic mass is 10.6. The van der Waals surface area contributed by atoms with Gasteiger partial charge in [-0.05, 0) is 6.42 Å². The van der Waals surface area contributed by atoms with Crippen molar-refractivity contribution < 1.29 is 17.4 Å². The molecule has 0 saturated carbocycles. The van der Waals surface area contributed by atoms with Crippen molar-refractivity contribution in [3.63, 3.8) is 0 Å². The quantitative estimate of drug-likeness (QED) is 0.463. The lowest BCUT2D eigenvalue weighted by Gasteiger charge is -1.99. The third-order valence-electron chi connectivity index (χ3n) is 0.830. The van der Waals surface area contributed by atoms with Crippen LogP contribution in [0.5, 0.6) is 0 Å². The van der Waals surface area contributed by atoms with Crippen molar-refractivity contribution in [2.75, 3.05) is 5.75 Å². The second-order valence-corrected chi connectivity index (χ2v) is 3.56. The number of rotatable bonds is 4. The van der Waals surface area contributed by atoms with Gasteiger partial charge in [-0.25, -0.2) is 4.79 Å². The summed E-state index contributed by atoms with van der Waals surface area (Å²) < 4.78 is 25.5. The van der Waals surface area contributed by atoms with Gasteiger partial charge in [0.25, 0.3) is 0 Å². The highest BCUT2D eigenvalue weighted by atomic mass is 32.2. The Morgan fingerprint density at radius 3 is 2.55 bits per heavy atom. The van der Waals surface area contributed by atoms with E-state index in [9.17, 15) is 13.2 Å². The summed E-state index contributed by atoms with van der Waals surface area (Å²) >= 11 is 0. The van der Waals surface area contributed by atoms with E-state index in [0.29, 0.717) is 6.42 Å². The molecule has 0 aliphatic heterocycles. The summed E-state index contributed by atoms with van der Waals surface area (Å²) in [4.78, 5) is 10.4. The first-order chi connectivity index (χ1) is 5.02. The van der Waals surface area contributed by atoms with Crippen LogP contribution >= 0.6 is 0 Å². The summed E-state index contributed by atoms with van der Waals surface area (Å²) in [7, 11) is -3.66. The highest BCUT2D eigenvalue weighted by Gasteiger charge is 2.12. The highest BCUT2D eigenvalue weighted by Crippen LogP contribution is 1.96. The largest absolute Gasteiger partial charge is 0.345 e. The summed E-state index contributed by atoms with van der Waals surface area (Å²) in [5.74, 6) is -1.08. The lowest BCUT2D eigenvalue weighted by Crippen LogP contribution is -2.13. The molecule has 0 aliphatic carbocycles. The molecule has 0 unspecified atom stereocenters. The molecule has 0 aromatic heterocycles. The monoisotopic (exact) mass is 178 g/mol. The Hall–Kier alpha value is -0.840. The predicted octanol–water partition coefficient (Wildman–Crippen LogP) is 0.455. The maximum atomic E-state index is 10.7. The molecule has 0 heterocycles. The lowest BCUT2D eigenvalue weighted by molar-refractivity contribution is -0.128. The van der Waals surface area contributed by atoms with Crippen LogP contribution in [0.25, 0.3) is 0 Å². The van der Waals surface area contributed by atoms with Gasteiger partial charge in [-0.15, -0.1) is 0 Å². The number of hydrogen-bond acceptors (Lipinski definition) is 4. The van der Waals surface area contributed by atoms with Gasteiger partial charge < -0.3 is 4.18 Å². The van der Waals surface area contributed by atoms with Gasteiger partial charge in [0.15, 0.2) is 0 Å². The predicted molar refractivity (Wildman–Crippen MR) is 40.4 cm³/mol. The fourth-order valence-corrected chi connectivity index (χ4v) is 1.35. The molecule has 0 radical (unpaired) electrons. The molecule has 0 spiro atoms. The molecular weight excluding hydrogens is 168 g/mol. The maximum Gasteiger partial charge on any atom is 0.345 e. The van der Waals surface area contributed by atoms with E-state index in [1.165, 1.54) is 0 Å². The Kier molecular flexibility index (Phi) is 3.81. The van der Waals surface area contributed by atoms with E-state index < -0.39 is 16.1 Å². The average molecular weight is 178 g/mol. The SMILES string of the molecule is C=CC(=O)OS(=O)(=O)CCC. The average Bonchev–Trinajstić information content (AvgIpc) is 1.86. The van der Waals surface area contributed by atoms with Crippen molar-refractivity contribution in [1.82, 2.24) is 0 Å². The van der Waals surface area contributed by atoms with Crippen molar-refractivity contribution in [3.8, 4) is 0 Å². The standard InChI is InChI=1S/C6H10O4S/c1-3-5-11(8,9)10-6(7)4-2/h4H,2-3,5H2,1H3. The van der Waals surface area contributed by atoms with E-state index in [2.05, 4.69) is 10.8 Å². The zero-order valence-corrected chi connectivity index (χ0v) is 7.06. The van der Waals surface area contributed by atoms with Crippen molar-refractivity contribution >= 4 is 16.1 Å². The molecule has 0 saturated heterocycles. The Morgan fingerprint density at radius 2 is 2.18 bits per heavy atom. The molecule has 5 heteroatoms. The molecule has 4 nitrogen and oxygen atoms in total. The van der Waals surface area contributed by atoms with Crippen molar-refractivity contribution in [3.05, 3.63) is 12.7 Å². The minimum Gasteiger partial charge on any atom is -0.342 e. The van der Waals surface area contributed by atoms with E-state index in [1.54, 1.807) is 6.92 Å². The van der Waals surface area contributed by atoms with Gasteiger partial charge in [0, 0.05) is 6.08 Å². The fraction of sp³-hybridized carbons (Fsp3) is 0.500. The van der Waals surface area contributed by atoms with Crippen LogP contribution in [-0.4, -0.2) is 20.1 Å². The first kappa shape index (κ1) is 10.2. The van der Waals surface area contributed by atoms with Gasteiger partial charge in [0.2, 0.25) is 0 Å². The van der Waals surface area contributed by atoms with Gasteiger partial charge in [0.05, 0.1) is 5.75 Å². The third-order valence-corrected chi connectivity index (χ3v) is 2.16. The van der Waals surface area contributed by atoms with Gasteiger partial charge in [-0.2, -0.15) is 8.42 Å². The molecule has 0 aromatic carbocycles. The molecule has 0 atom stereocenters. The maximum absolute atomic E-state index is 10.7. The van der Waals surface area contributed by atoms with Crippen LogP contribution in [0.1, 0.15) is 13.3 Å². The van der Waals surface area contributed by atoms with Crippen molar-refractivity contribution in [1.29, 1.82) is 0 Å². The Bertz CT molecular complexity index is 239. The van der Waals surface area contributed by atoms with E-state index in [-0.39, 0.29) is 5.75 Å². The van der Waals surface area contributed by atoms with Crippen LogP contribution in [0.4, 0.5) is 0 Å². The zero-order valence-electron chi connectivity index (χ0n) is 6.24. The van der Waals surface area contributed by atoms with Crippen LogP contribution in [0, 0.1) is 0 Å². The third kappa shape index (κ3) is 4.55. The number of hydrogen-bond donors (Lipinski definition) is 0. The van der Waals surface area contributed by atoms with Gasteiger partial charge in [-0.1, -0.05) is 13.5 Å². The van der Waals surface area contributed by atoms with Crippen LogP contribution in [-0.2, 0) is 19.1 Å². The highest BCUT2D eigenvalue weighted by molar-refractivity contribution is 7.87. The molecule has 11 heavy (non-hydrogen) atoms. The first-order valence-corrected chi connectivity index (χ1v) is 4.68. The fourth-order valence-electron chi connectivity index (χ4n) is 0.451. The summed E-state index contributed by atoms with van der Waals surface area (Å²) in [6.45, 7) is 4.75. The second kappa shape index (κ2) is 4.12. The Morgan fingerprint density at radius 1 is 1.64 bits per heavy atom. The van der Waals surface area contributed by atoms with Crippen molar-refractivity contribution in [2.45, 2.75) is 13.3 Å². The van der Waals surface area contributed by atoms with E-state index in [1.807, 2.05) is 0 Å². The van der Waals surface area contributed by atoms with Gasteiger partial charge in [-0.3, -0.25) is 0 Å².